The number of para-hydroxylation sites is 2. The first-order chi connectivity index (χ1) is 14.4. The number of nitrogens with zero attached hydrogens (tertiary/aromatic N) is 1. The molecule has 1 nitrogen and oxygen atoms in total. The van der Waals surface area contributed by atoms with E-state index in [0.717, 1.165) is 19.4 Å². The van der Waals surface area contributed by atoms with E-state index in [1.165, 1.54) is 22.5 Å². The Bertz CT molecular complexity index is 804. The SMILES string of the molecule is c1ccc(C(CCCN(c2ccccc2)c2ccccc2)c2ccccc2)cc1. The minimum absolute atomic E-state index is 0.422. The Balaban J connectivity index is 1.53. The molecule has 0 aliphatic carbocycles. The van der Waals surface area contributed by atoms with Crippen LogP contribution in [0, 0.1) is 0 Å². The van der Waals surface area contributed by atoms with E-state index in [1.807, 2.05) is 0 Å². The third-order valence-electron chi connectivity index (χ3n) is 5.41. The summed E-state index contributed by atoms with van der Waals surface area (Å²) in [7, 11) is 0. The molecule has 0 fully saturated rings. The maximum atomic E-state index is 2.42. The molecular formula is C28H27N. The molecule has 4 aromatic rings. The van der Waals surface area contributed by atoms with Gasteiger partial charge in [0.15, 0.2) is 0 Å². The zero-order chi connectivity index (χ0) is 19.7. The van der Waals surface area contributed by atoms with Gasteiger partial charge in [-0.1, -0.05) is 97.1 Å². The van der Waals surface area contributed by atoms with Gasteiger partial charge in [-0.2, -0.15) is 0 Å². The van der Waals surface area contributed by atoms with Crippen molar-refractivity contribution >= 4 is 11.4 Å². The average Bonchev–Trinajstić information content (AvgIpc) is 2.81. The van der Waals surface area contributed by atoms with Crippen molar-refractivity contribution in [1.29, 1.82) is 0 Å². The van der Waals surface area contributed by atoms with Crippen LogP contribution in [-0.2, 0) is 0 Å². The molecule has 4 rings (SSSR count). The van der Waals surface area contributed by atoms with Crippen molar-refractivity contribution in [2.24, 2.45) is 0 Å². The Labute approximate surface area is 174 Å². The van der Waals surface area contributed by atoms with E-state index in [9.17, 15) is 0 Å². The van der Waals surface area contributed by atoms with E-state index in [2.05, 4.69) is 126 Å². The summed E-state index contributed by atoms with van der Waals surface area (Å²) in [5, 5.41) is 0. The summed E-state index contributed by atoms with van der Waals surface area (Å²) in [6.45, 7) is 0.990. The van der Waals surface area contributed by atoms with Gasteiger partial charge in [-0.3, -0.25) is 0 Å². The maximum absolute atomic E-state index is 2.42. The fourth-order valence-electron chi connectivity index (χ4n) is 3.97. The summed E-state index contributed by atoms with van der Waals surface area (Å²) in [6.07, 6.45) is 2.22. The van der Waals surface area contributed by atoms with Gasteiger partial charge in [0, 0.05) is 23.8 Å². The number of hydrogen-bond acceptors (Lipinski definition) is 1. The van der Waals surface area contributed by atoms with Crippen LogP contribution in [0.1, 0.15) is 29.9 Å². The summed E-state index contributed by atoms with van der Waals surface area (Å²) in [5.41, 5.74) is 5.28. The quantitative estimate of drug-likeness (QED) is 0.308. The smallest absolute Gasteiger partial charge is 0.0410 e. The Hall–Kier alpha value is -3.32. The van der Waals surface area contributed by atoms with Gasteiger partial charge >= 0.3 is 0 Å². The van der Waals surface area contributed by atoms with Crippen LogP contribution in [0.3, 0.4) is 0 Å². The van der Waals surface area contributed by atoms with Crippen LogP contribution in [0.25, 0.3) is 0 Å². The van der Waals surface area contributed by atoms with E-state index in [-0.39, 0.29) is 0 Å². The second-order valence-corrected chi connectivity index (χ2v) is 7.34. The minimum Gasteiger partial charge on any atom is -0.341 e. The first-order valence-electron chi connectivity index (χ1n) is 10.4. The lowest BCUT2D eigenvalue weighted by atomic mass is 9.87. The molecule has 0 spiro atoms. The number of benzene rings is 4. The van der Waals surface area contributed by atoms with Crippen molar-refractivity contribution in [3.05, 3.63) is 132 Å². The summed E-state index contributed by atoms with van der Waals surface area (Å²) in [5.74, 6) is 0.422. The lowest BCUT2D eigenvalue weighted by molar-refractivity contribution is 0.663. The number of rotatable bonds is 8. The first kappa shape index (κ1) is 19.0. The van der Waals surface area contributed by atoms with E-state index in [4.69, 9.17) is 0 Å². The van der Waals surface area contributed by atoms with Gasteiger partial charge in [0.05, 0.1) is 0 Å². The molecule has 0 saturated carbocycles. The summed E-state index contributed by atoms with van der Waals surface area (Å²) in [4.78, 5) is 2.42. The van der Waals surface area contributed by atoms with E-state index < -0.39 is 0 Å². The van der Waals surface area contributed by atoms with Crippen molar-refractivity contribution in [1.82, 2.24) is 0 Å². The second kappa shape index (κ2) is 9.75. The molecule has 0 aliphatic rings. The Morgan fingerprint density at radius 3 is 1.28 bits per heavy atom. The fourth-order valence-corrected chi connectivity index (χ4v) is 3.97. The molecule has 0 unspecified atom stereocenters. The molecule has 0 heterocycles. The normalized spacial score (nSPS) is 10.8. The number of hydrogen-bond donors (Lipinski definition) is 0. The predicted octanol–water partition coefficient (Wildman–Crippen LogP) is 7.44. The standard InChI is InChI=1S/C28H27N/c1-5-14-24(15-6-1)28(25-16-7-2-8-17-25)22-13-23-29(26-18-9-3-10-19-26)27-20-11-4-12-21-27/h1-12,14-21,28H,13,22-23H2. The van der Waals surface area contributed by atoms with Gasteiger partial charge in [-0.05, 0) is 48.2 Å². The Morgan fingerprint density at radius 1 is 0.483 bits per heavy atom. The molecular weight excluding hydrogens is 350 g/mol. The summed E-state index contributed by atoms with van der Waals surface area (Å²) >= 11 is 0. The molecule has 144 valence electrons. The number of anilines is 2. The van der Waals surface area contributed by atoms with Crippen LogP contribution in [0.5, 0.6) is 0 Å². The molecule has 0 aromatic heterocycles. The van der Waals surface area contributed by atoms with Crippen LogP contribution in [0.4, 0.5) is 11.4 Å². The molecule has 0 bridgehead atoms. The molecule has 0 radical (unpaired) electrons. The summed E-state index contributed by atoms with van der Waals surface area (Å²) < 4.78 is 0. The Morgan fingerprint density at radius 2 is 0.862 bits per heavy atom. The fraction of sp³-hybridized carbons (Fsp3) is 0.143. The first-order valence-corrected chi connectivity index (χ1v) is 10.4. The summed E-state index contributed by atoms with van der Waals surface area (Å²) in [6, 6.07) is 43.2. The molecule has 0 amide bonds. The van der Waals surface area contributed by atoms with Gasteiger partial charge in [0.2, 0.25) is 0 Å². The van der Waals surface area contributed by atoms with Crippen molar-refractivity contribution in [2.75, 3.05) is 11.4 Å². The van der Waals surface area contributed by atoms with Crippen LogP contribution in [0.15, 0.2) is 121 Å². The van der Waals surface area contributed by atoms with Gasteiger partial charge in [0.25, 0.3) is 0 Å². The van der Waals surface area contributed by atoms with Crippen LogP contribution < -0.4 is 4.90 Å². The predicted molar refractivity (Wildman–Crippen MR) is 124 cm³/mol. The highest BCUT2D eigenvalue weighted by atomic mass is 15.1. The molecule has 0 aliphatic heterocycles. The van der Waals surface area contributed by atoms with E-state index in [0.29, 0.717) is 5.92 Å². The zero-order valence-corrected chi connectivity index (χ0v) is 16.7. The lowest BCUT2D eigenvalue weighted by Crippen LogP contribution is -2.19. The van der Waals surface area contributed by atoms with E-state index in [1.54, 1.807) is 0 Å². The maximum Gasteiger partial charge on any atom is 0.0410 e. The highest BCUT2D eigenvalue weighted by Crippen LogP contribution is 2.31. The monoisotopic (exact) mass is 377 g/mol. The van der Waals surface area contributed by atoms with Crippen LogP contribution >= 0.6 is 0 Å². The van der Waals surface area contributed by atoms with Crippen molar-refractivity contribution in [2.45, 2.75) is 18.8 Å². The largest absolute Gasteiger partial charge is 0.341 e. The molecule has 0 atom stereocenters. The second-order valence-electron chi connectivity index (χ2n) is 7.34. The highest BCUT2D eigenvalue weighted by Gasteiger charge is 2.15. The topological polar surface area (TPSA) is 3.24 Å². The van der Waals surface area contributed by atoms with Gasteiger partial charge in [-0.25, -0.2) is 0 Å². The molecule has 1 heteroatoms. The third-order valence-corrected chi connectivity index (χ3v) is 5.41. The van der Waals surface area contributed by atoms with Gasteiger partial charge < -0.3 is 4.90 Å². The lowest BCUT2D eigenvalue weighted by Gasteiger charge is -2.26. The van der Waals surface area contributed by atoms with Crippen molar-refractivity contribution in [3.63, 3.8) is 0 Å². The molecule has 0 N–H and O–H groups in total. The van der Waals surface area contributed by atoms with Crippen LogP contribution in [0.2, 0.25) is 0 Å². The van der Waals surface area contributed by atoms with Gasteiger partial charge in [-0.15, -0.1) is 0 Å². The highest BCUT2D eigenvalue weighted by molar-refractivity contribution is 5.62. The Kier molecular flexibility index (Phi) is 6.39. The van der Waals surface area contributed by atoms with Crippen molar-refractivity contribution in [3.8, 4) is 0 Å². The van der Waals surface area contributed by atoms with Gasteiger partial charge in [0.1, 0.15) is 0 Å². The van der Waals surface area contributed by atoms with Crippen LogP contribution in [-0.4, -0.2) is 6.54 Å². The minimum atomic E-state index is 0.422. The third kappa shape index (κ3) is 4.94. The van der Waals surface area contributed by atoms with E-state index >= 15 is 0 Å². The molecule has 29 heavy (non-hydrogen) atoms. The molecule has 4 aromatic carbocycles. The van der Waals surface area contributed by atoms with Crippen molar-refractivity contribution < 1.29 is 0 Å². The molecule has 0 saturated heterocycles. The average molecular weight is 378 g/mol. The zero-order valence-electron chi connectivity index (χ0n) is 16.7.